The Labute approximate surface area is 144 Å². The zero-order chi connectivity index (χ0) is 15.0. The molecule has 20 heavy (non-hydrogen) atoms. The Hall–Kier alpha value is -0.350. The number of rotatable bonds is 2. The normalized spacial score (nSPS) is 12.6. The van der Waals surface area contributed by atoms with Gasteiger partial charge in [-0.15, -0.1) is 0 Å². The fourth-order valence-corrected chi connectivity index (χ4v) is 4.06. The van der Waals surface area contributed by atoms with Gasteiger partial charge in [-0.1, -0.05) is 28.1 Å². The van der Waals surface area contributed by atoms with Gasteiger partial charge in [-0.3, -0.25) is 0 Å². The van der Waals surface area contributed by atoms with E-state index in [-0.39, 0.29) is 4.83 Å². The van der Waals surface area contributed by atoms with Gasteiger partial charge in [-0.05, 0) is 108 Å². The van der Waals surface area contributed by atoms with Gasteiger partial charge in [-0.25, -0.2) is 0 Å². The third-order valence-corrected chi connectivity index (χ3v) is 6.18. The minimum absolute atomic E-state index is 0.262. The fraction of sp³-hybridized carbons (Fsp3) is 0.333. The van der Waals surface area contributed by atoms with E-state index in [0.717, 1.165) is 0 Å². The van der Waals surface area contributed by atoms with Gasteiger partial charge in [0.05, 0.1) is 4.83 Å². The first-order valence-electron chi connectivity index (χ1n) is 6.81. The predicted octanol–water partition coefficient (Wildman–Crippen LogP) is 6.32. The lowest BCUT2D eigenvalue weighted by Crippen LogP contribution is -2.05. The molecule has 2 aromatic carbocycles. The van der Waals surface area contributed by atoms with Gasteiger partial charge >= 0.3 is 0 Å². The lowest BCUT2D eigenvalue weighted by Gasteiger charge is -2.22. The Morgan fingerprint density at radius 3 is 1.60 bits per heavy atom. The van der Waals surface area contributed by atoms with Crippen molar-refractivity contribution in [3.05, 3.63) is 66.8 Å². The van der Waals surface area contributed by atoms with E-state index in [2.05, 4.69) is 97.4 Å². The quantitative estimate of drug-likeness (QED) is 0.377. The summed E-state index contributed by atoms with van der Waals surface area (Å²) in [6.45, 7) is 11.2. The summed E-state index contributed by atoms with van der Waals surface area (Å²) in [6.07, 6.45) is 0. The van der Waals surface area contributed by atoms with Crippen molar-refractivity contribution in [1.29, 1.82) is 0 Å². The SMILES string of the molecule is Cc1c(C)c(C)c(C(Br)c2ccc(I)cc2)c(C)c1C. The van der Waals surface area contributed by atoms with E-state index in [4.69, 9.17) is 0 Å². The molecular weight excluding hydrogens is 423 g/mol. The van der Waals surface area contributed by atoms with Gasteiger partial charge in [-0.2, -0.15) is 0 Å². The van der Waals surface area contributed by atoms with E-state index < -0.39 is 0 Å². The van der Waals surface area contributed by atoms with E-state index in [9.17, 15) is 0 Å². The number of hydrogen-bond acceptors (Lipinski definition) is 0. The summed E-state index contributed by atoms with van der Waals surface area (Å²) in [4.78, 5) is 0.262. The number of alkyl halides is 1. The molecule has 0 aliphatic heterocycles. The van der Waals surface area contributed by atoms with Crippen LogP contribution in [0.25, 0.3) is 0 Å². The van der Waals surface area contributed by atoms with Gasteiger partial charge < -0.3 is 0 Å². The van der Waals surface area contributed by atoms with Gasteiger partial charge in [0, 0.05) is 3.57 Å². The average molecular weight is 443 g/mol. The molecule has 0 radical (unpaired) electrons. The van der Waals surface area contributed by atoms with Crippen LogP contribution in [0, 0.1) is 38.2 Å². The van der Waals surface area contributed by atoms with E-state index >= 15 is 0 Å². The third kappa shape index (κ3) is 2.82. The molecule has 2 heteroatoms. The largest absolute Gasteiger partial charge is 0.0786 e. The molecule has 106 valence electrons. The van der Waals surface area contributed by atoms with Crippen LogP contribution in [-0.2, 0) is 0 Å². The van der Waals surface area contributed by atoms with Crippen LogP contribution in [0.5, 0.6) is 0 Å². The molecule has 2 aromatic rings. The molecule has 0 spiro atoms. The van der Waals surface area contributed by atoms with Crippen LogP contribution in [-0.4, -0.2) is 0 Å². The Bertz CT molecular complexity index is 612. The molecular formula is C18H20BrI. The van der Waals surface area contributed by atoms with E-state index in [1.165, 1.54) is 42.5 Å². The molecule has 0 amide bonds. The molecule has 0 saturated heterocycles. The molecule has 0 bridgehead atoms. The van der Waals surface area contributed by atoms with Gasteiger partial charge in [0.1, 0.15) is 0 Å². The maximum absolute atomic E-state index is 3.91. The summed E-state index contributed by atoms with van der Waals surface area (Å²) in [5.41, 5.74) is 9.81. The summed E-state index contributed by atoms with van der Waals surface area (Å²) in [6, 6.07) is 8.76. The first kappa shape index (κ1) is 16.0. The summed E-state index contributed by atoms with van der Waals surface area (Å²) in [5, 5.41) is 0. The van der Waals surface area contributed by atoms with Crippen LogP contribution in [0.1, 0.15) is 43.8 Å². The molecule has 0 aliphatic carbocycles. The van der Waals surface area contributed by atoms with Crippen molar-refractivity contribution in [1.82, 2.24) is 0 Å². The maximum Gasteiger partial charge on any atom is 0.0649 e. The van der Waals surface area contributed by atoms with Crippen molar-refractivity contribution in [3.63, 3.8) is 0 Å². The van der Waals surface area contributed by atoms with Crippen molar-refractivity contribution in [2.75, 3.05) is 0 Å². The monoisotopic (exact) mass is 442 g/mol. The zero-order valence-corrected chi connectivity index (χ0v) is 16.4. The highest BCUT2D eigenvalue weighted by Crippen LogP contribution is 2.38. The Morgan fingerprint density at radius 2 is 1.15 bits per heavy atom. The first-order valence-corrected chi connectivity index (χ1v) is 8.80. The van der Waals surface area contributed by atoms with Gasteiger partial charge in [0.25, 0.3) is 0 Å². The van der Waals surface area contributed by atoms with Crippen LogP contribution in [0.3, 0.4) is 0 Å². The van der Waals surface area contributed by atoms with Crippen molar-refractivity contribution < 1.29 is 0 Å². The summed E-state index contributed by atoms with van der Waals surface area (Å²) >= 11 is 6.26. The van der Waals surface area contributed by atoms with Crippen LogP contribution in [0.15, 0.2) is 24.3 Å². The van der Waals surface area contributed by atoms with Crippen molar-refractivity contribution in [3.8, 4) is 0 Å². The lowest BCUT2D eigenvalue weighted by molar-refractivity contribution is 1.06. The Morgan fingerprint density at radius 1 is 0.750 bits per heavy atom. The minimum Gasteiger partial charge on any atom is -0.0786 e. The number of benzene rings is 2. The zero-order valence-electron chi connectivity index (χ0n) is 12.6. The summed E-state index contributed by atoms with van der Waals surface area (Å²) in [7, 11) is 0. The van der Waals surface area contributed by atoms with Gasteiger partial charge in [0.2, 0.25) is 0 Å². The molecule has 0 saturated carbocycles. The number of halogens is 2. The van der Waals surface area contributed by atoms with Crippen molar-refractivity contribution in [2.24, 2.45) is 0 Å². The lowest BCUT2D eigenvalue weighted by atomic mass is 9.87. The third-order valence-electron chi connectivity index (χ3n) is 4.47. The maximum atomic E-state index is 3.91. The molecule has 0 heterocycles. The second-order valence-electron chi connectivity index (χ2n) is 5.45. The first-order chi connectivity index (χ1) is 9.34. The number of hydrogen-bond donors (Lipinski definition) is 0. The van der Waals surface area contributed by atoms with Crippen molar-refractivity contribution >= 4 is 38.5 Å². The van der Waals surface area contributed by atoms with Crippen LogP contribution >= 0.6 is 38.5 Å². The Kier molecular flexibility index (Phi) is 4.96. The molecule has 1 unspecified atom stereocenters. The topological polar surface area (TPSA) is 0 Å². The molecule has 0 aromatic heterocycles. The minimum atomic E-state index is 0.262. The molecule has 0 fully saturated rings. The molecule has 0 nitrogen and oxygen atoms in total. The highest BCUT2D eigenvalue weighted by atomic mass is 127. The second kappa shape index (κ2) is 6.18. The fourth-order valence-electron chi connectivity index (χ4n) is 2.71. The molecule has 1 atom stereocenters. The van der Waals surface area contributed by atoms with Gasteiger partial charge in [0.15, 0.2) is 0 Å². The standard InChI is InChI=1S/C18H20BrI/c1-10-11(2)13(4)17(14(5)12(10)3)18(19)15-6-8-16(20)9-7-15/h6-9,18H,1-5H3. The highest BCUT2D eigenvalue weighted by molar-refractivity contribution is 14.1. The predicted molar refractivity (Wildman–Crippen MR) is 100 cm³/mol. The van der Waals surface area contributed by atoms with E-state index in [1.54, 1.807) is 0 Å². The van der Waals surface area contributed by atoms with E-state index in [1.807, 2.05) is 0 Å². The molecule has 0 N–H and O–H groups in total. The smallest absolute Gasteiger partial charge is 0.0649 e. The highest BCUT2D eigenvalue weighted by Gasteiger charge is 2.19. The molecule has 2 rings (SSSR count). The summed E-state index contributed by atoms with van der Waals surface area (Å²) in [5.74, 6) is 0. The van der Waals surface area contributed by atoms with Crippen LogP contribution in [0.2, 0.25) is 0 Å². The van der Waals surface area contributed by atoms with Crippen molar-refractivity contribution in [2.45, 2.75) is 39.4 Å². The average Bonchev–Trinajstić information content (AvgIpc) is 2.44. The van der Waals surface area contributed by atoms with E-state index in [0.29, 0.717) is 0 Å². The summed E-state index contributed by atoms with van der Waals surface area (Å²) < 4.78 is 1.27. The molecule has 0 aliphatic rings. The Balaban J connectivity index is 2.60. The van der Waals surface area contributed by atoms with Crippen LogP contribution in [0.4, 0.5) is 0 Å². The second-order valence-corrected chi connectivity index (χ2v) is 7.61. The van der Waals surface area contributed by atoms with Crippen LogP contribution < -0.4 is 0 Å².